The van der Waals surface area contributed by atoms with Crippen molar-refractivity contribution in [3.05, 3.63) is 91.0 Å². The summed E-state index contributed by atoms with van der Waals surface area (Å²) in [5.74, 6) is -0.271. The Morgan fingerprint density at radius 3 is 1.44 bits per heavy atom. The van der Waals surface area contributed by atoms with Crippen LogP contribution < -0.4 is 15.9 Å². The van der Waals surface area contributed by atoms with E-state index in [0.717, 1.165) is 15.9 Å². The second kappa shape index (κ2) is 8.14. The lowest BCUT2D eigenvalue weighted by atomic mass is 10.1. The minimum Gasteiger partial charge on any atom is -0.503 e. The highest BCUT2D eigenvalue weighted by molar-refractivity contribution is 8.18. The zero-order valence-electron chi connectivity index (χ0n) is 14.2. The Bertz CT molecular complexity index is 710. The van der Waals surface area contributed by atoms with Gasteiger partial charge in [-0.15, -0.1) is 0 Å². The summed E-state index contributed by atoms with van der Waals surface area (Å²) in [5.41, 5.74) is 0. The fraction of sp³-hybridized carbons (Fsp3) is 0.0952. The summed E-state index contributed by atoms with van der Waals surface area (Å²) in [6.45, 7) is 4.00. The van der Waals surface area contributed by atoms with Crippen LogP contribution in [0.15, 0.2) is 91.0 Å². The molecule has 0 fully saturated rings. The summed E-state index contributed by atoms with van der Waals surface area (Å²) in [7, 11) is -2.24. The van der Waals surface area contributed by atoms with Crippen LogP contribution in [0.1, 0.15) is 6.92 Å². The molecule has 0 bridgehead atoms. The number of hydrogen-bond acceptors (Lipinski definition) is 2. The summed E-state index contributed by atoms with van der Waals surface area (Å²) >= 11 is 0. The fourth-order valence-electron chi connectivity index (χ4n) is 3.00. The van der Waals surface area contributed by atoms with Crippen LogP contribution in [0.25, 0.3) is 0 Å². The third-order valence-corrected chi connectivity index (χ3v) is 8.01. The SMILES string of the molecule is CCOC(=O)[B-][P+](c1ccccc1)(c1ccccc1)c1ccccc1. The van der Waals surface area contributed by atoms with E-state index >= 15 is 0 Å². The summed E-state index contributed by atoms with van der Waals surface area (Å²) in [4.78, 5) is 12.5. The summed E-state index contributed by atoms with van der Waals surface area (Å²) < 4.78 is 5.30. The van der Waals surface area contributed by atoms with Crippen LogP contribution in [-0.2, 0) is 4.74 Å². The average Bonchev–Trinajstić information content (AvgIpc) is 2.68. The van der Waals surface area contributed by atoms with Crippen molar-refractivity contribution < 1.29 is 9.53 Å². The average molecular weight is 346 g/mol. The van der Waals surface area contributed by atoms with Crippen molar-refractivity contribution in [2.45, 2.75) is 6.92 Å². The van der Waals surface area contributed by atoms with E-state index in [4.69, 9.17) is 4.74 Å². The van der Waals surface area contributed by atoms with Gasteiger partial charge < -0.3 is 9.53 Å². The van der Waals surface area contributed by atoms with E-state index in [9.17, 15) is 4.79 Å². The molecule has 0 N–H and O–H groups in total. The van der Waals surface area contributed by atoms with Gasteiger partial charge in [0.2, 0.25) is 0 Å². The molecule has 0 aliphatic rings. The maximum absolute atomic E-state index is 12.5. The molecule has 0 amide bonds. The minimum atomic E-state index is -2.24. The van der Waals surface area contributed by atoms with Gasteiger partial charge in [-0.05, 0) is 43.3 Å². The van der Waals surface area contributed by atoms with Gasteiger partial charge in [0.15, 0.2) is 0 Å². The smallest absolute Gasteiger partial charge is 0.105 e. The van der Waals surface area contributed by atoms with Crippen LogP contribution in [0.4, 0.5) is 4.79 Å². The molecule has 3 rings (SSSR count). The van der Waals surface area contributed by atoms with E-state index in [1.165, 1.54) is 0 Å². The topological polar surface area (TPSA) is 26.3 Å². The first-order valence-electron chi connectivity index (χ1n) is 8.35. The molecule has 0 aromatic heterocycles. The first-order valence-corrected chi connectivity index (χ1v) is 10.2. The predicted molar refractivity (Wildman–Crippen MR) is 108 cm³/mol. The van der Waals surface area contributed by atoms with Crippen molar-refractivity contribution in [2.75, 3.05) is 6.61 Å². The molecule has 25 heavy (non-hydrogen) atoms. The van der Waals surface area contributed by atoms with Crippen molar-refractivity contribution in [2.24, 2.45) is 0 Å². The summed E-state index contributed by atoms with van der Waals surface area (Å²) in [5, 5.41) is 3.42. The third-order valence-electron chi connectivity index (χ3n) is 4.08. The van der Waals surface area contributed by atoms with E-state index in [1.807, 2.05) is 61.5 Å². The Morgan fingerprint density at radius 1 is 0.760 bits per heavy atom. The van der Waals surface area contributed by atoms with Crippen molar-refractivity contribution in [1.29, 1.82) is 0 Å². The molecule has 0 atom stereocenters. The largest absolute Gasteiger partial charge is 0.503 e. The standard InChI is InChI=1S/C21H20BO2P/c1-2-24-21(23)22-25(18-12-6-3-7-13-18,19-14-8-4-9-15-19)20-16-10-5-11-17-20/h3-17H,2H2,1H3. The first kappa shape index (κ1) is 17.4. The van der Waals surface area contributed by atoms with Crippen molar-refractivity contribution >= 4 is 35.9 Å². The number of carbonyl (C=O) groups is 1. The molecule has 4 heteroatoms. The number of carbonyl (C=O) groups excluding carboxylic acids is 1. The lowest BCUT2D eigenvalue weighted by Crippen LogP contribution is -2.38. The van der Waals surface area contributed by atoms with Gasteiger partial charge in [0.1, 0.15) is 5.87 Å². The second-order valence-corrected chi connectivity index (χ2v) is 8.86. The van der Waals surface area contributed by atoms with Crippen molar-refractivity contribution in [3.8, 4) is 0 Å². The molecule has 124 valence electrons. The minimum absolute atomic E-state index is 0.271. The van der Waals surface area contributed by atoms with Gasteiger partial charge in [0.25, 0.3) is 0 Å². The van der Waals surface area contributed by atoms with Gasteiger partial charge in [-0.25, -0.2) is 0 Å². The van der Waals surface area contributed by atoms with Crippen LogP contribution in [0.3, 0.4) is 0 Å². The Balaban J connectivity index is 2.26. The zero-order valence-corrected chi connectivity index (χ0v) is 15.1. The Kier molecular flexibility index (Phi) is 5.68. The molecular weight excluding hydrogens is 326 g/mol. The van der Waals surface area contributed by atoms with Crippen LogP contribution in [0, 0.1) is 0 Å². The third kappa shape index (κ3) is 3.67. The van der Waals surface area contributed by atoms with E-state index in [-0.39, 0.29) is 5.87 Å². The van der Waals surface area contributed by atoms with Gasteiger partial charge in [-0.3, -0.25) is 0 Å². The molecule has 3 aromatic carbocycles. The molecular formula is C21H20BO2P. The number of benzene rings is 3. The molecule has 0 saturated heterocycles. The highest BCUT2D eigenvalue weighted by Crippen LogP contribution is 2.53. The predicted octanol–water partition coefficient (Wildman–Crippen LogP) is 3.76. The quantitative estimate of drug-likeness (QED) is 0.502. The van der Waals surface area contributed by atoms with E-state index in [1.54, 1.807) is 7.00 Å². The lowest BCUT2D eigenvalue weighted by molar-refractivity contribution is 0.179. The van der Waals surface area contributed by atoms with Crippen LogP contribution in [0.5, 0.6) is 0 Å². The molecule has 0 heterocycles. The van der Waals surface area contributed by atoms with Crippen molar-refractivity contribution in [3.63, 3.8) is 0 Å². The molecule has 0 spiro atoms. The molecule has 0 saturated carbocycles. The van der Waals surface area contributed by atoms with Gasteiger partial charge >= 0.3 is 0 Å². The van der Waals surface area contributed by atoms with E-state index < -0.39 is 7.14 Å². The molecule has 0 aliphatic carbocycles. The monoisotopic (exact) mass is 346 g/mol. The van der Waals surface area contributed by atoms with Gasteiger partial charge in [0.05, 0.1) is 29.5 Å². The maximum atomic E-state index is 12.5. The van der Waals surface area contributed by atoms with Crippen LogP contribution in [0.2, 0.25) is 0 Å². The van der Waals surface area contributed by atoms with Gasteiger partial charge in [0, 0.05) is 0 Å². The van der Waals surface area contributed by atoms with Crippen LogP contribution in [-0.4, -0.2) is 19.5 Å². The van der Waals surface area contributed by atoms with E-state index in [0.29, 0.717) is 6.61 Å². The Labute approximate surface area is 150 Å². The summed E-state index contributed by atoms with van der Waals surface area (Å²) in [6, 6.07) is 30.7. The fourth-order valence-corrected chi connectivity index (χ4v) is 6.66. The first-order chi connectivity index (χ1) is 12.3. The molecule has 0 unspecified atom stereocenters. The maximum Gasteiger partial charge on any atom is 0.105 e. The van der Waals surface area contributed by atoms with Crippen LogP contribution >= 0.6 is 7.14 Å². The second-order valence-electron chi connectivity index (χ2n) is 5.61. The summed E-state index contributed by atoms with van der Waals surface area (Å²) in [6.07, 6.45) is 0. The normalized spacial score (nSPS) is 11.1. The number of hydrogen-bond donors (Lipinski definition) is 0. The van der Waals surface area contributed by atoms with E-state index in [2.05, 4.69) is 36.4 Å². The van der Waals surface area contributed by atoms with Gasteiger partial charge in [-0.2, -0.15) is 0 Å². The molecule has 2 nitrogen and oxygen atoms in total. The highest BCUT2D eigenvalue weighted by Gasteiger charge is 2.36. The van der Waals surface area contributed by atoms with Crippen molar-refractivity contribution in [1.82, 2.24) is 0 Å². The highest BCUT2D eigenvalue weighted by atomic mass is 31.2. The number of rotatable bonds is 6. The lowest BCUT2D eigenvalue weighted by Gasteiger charge is -2.37. The molecule has 3 aromatic rings. The van der Waals surface area contributed by atoms with Gasteiger partial charge in [-0.1, -0.05) is 61.7 Å². The number of ether oxygens (including phenoxy) is 1. The molecule has 0 aliphatic heterocycles. The molecule has 2 radical (unpaired) electrons. The zero-order chi connectivity index (χ0) is 17.5. The Morgan fingerprint density at radius 2 is 1.12 bits per heavy atom. The Hall–Kier alpha value is -2.38.